The Morgan fingerprint density at radius 2 is 1.86 bits per heavy atom. The lowest BCUT2D eigenvalue weighted by molar-refractivity contribution is -0.192. The Kier molecular flexibility index (Phi) is 5.59. The number of nitrogens with one attached hydrogen (secondary N) is 1. The van der Waals surface area contributed by atoms with Gasteiger partial charge in [0.05, 0.1) is 0 Å². The fraction of sp³-hybridized carbons (Fsp3) is 0.333. The fourth-order valence-electron chi connectivity index (χ4n) is 2.85. The number of aliphatic carboxylic acids is 1. The van der Waals surface area contributed by atoms with Gasteiger partial charge < -0.3 is 15.3 Å². The molecule has 0 bridgehead atoms. The molecular formula is C18H17F3N4O3. The molecule has 2 aromatic rings. The van der Waals surface area contributed by atoms with Crippen molar-refractivity contribution in [3.8, 4) is 0 Å². The molecule has 0 radical (unpaired) electrons. The highest BCUT2D eigenvalue weighted by Gasteiger charge is 2.38. The number of para-hydroxylation sites is 1. The highest BCUT2D eigenvalue weighted by Crippen LogP contribution is 2.28. The van der Waals surface area contributed by atoms with Gasteiger partial charge >= 0.3 is 12.1 Å². The van der Waals surface area contributed by atoms with Crippen molar-refractivity contribution in [2.45, 2.75) is 18.5 Å². The van der Waals surface area contributed by atoms with E-state index in [2.05, 4.69) is 21.4 Å². The molecule has 0 saturated carbocycles. The van der Waals surface area contributed by atoms with Crippen LogP contribution in [0.3, 0.4) is 0 Å². The predicted molar refractivity (Wildman–Crippen MR) is 93.2 cm³/mol. The second kappa shape index (κ2) is 7.93. The average Bonchev–Trinajstić information content (AvgIpc) is 3.04. The number of halogens is 3. The zero-order chi connectivity index (χ0) is 20.3. The molecule has 3 heterocycles. The van der Waals surface area contributed by atoms with E-state index in [4.69, 9.17) is 9.90 Å². The van der Waals surface area contributed by atoms with Gasteiger partial charge in [-0.15, -0.1) is 0 Å². The summed E-state index contributed by atoms with van der Waals surface area (Å²) in [4.78, 5) is 32.2. The van der Waals surface area contributed by atoms with Crippen LogP contribution in [0.4, 0.5) is 18.9 Å². The van der Waals surface area contributed by atoms with Gasteiger partial charge in [0, 0.05) is 37.4 Å². The van der Waals surface area contributed by atoms with Gasteiger partial charge in [-0.05, 0) is 24.1 Å². The number of hydrogen-bond donors (Lipinski definition) is 2. The minimum Gasteiger partial charge on any atom is -0.475 e. The Balaban J connectivity index is 0.000000279. The molecule has 10 heteroatoms. The Morgan fingerprint density at radius 3 is 2.46 bits per heavy atom. The quantitative estimate of drug-likeness (QED) is 0.809. The second-order valence-corrected chi connectivity index (χ2v) is 6.29. The summed E-state index contributed by atoms with van der Waals surface area (Å²) in [6.45, 7) is 2.51. The van der Waals surface area contributed by atoms with Gasteiger partial charge in [0.1, 0.15) is 11.5 Å². The van der Waals surface area contributed by atoms with Crippen molar-refractivity contribution < 1.29 is 27.9 Å². The Bertz CT molecular complexity index is 884. The van der Waals surface area contributed by atoms with E-state index in [0.29, 0.717) is 11.6 Å². The molecule has 1 amide bonds. The maximum atomic E-state index is 12.7. The van der Waals surface area contributed by atoms with Crippen molar-refractivity contribution in [1.29, 1.82) is 0 Å². The summed E-state index contributed by atoms with van der Waals surface area (Å²) in [6.07, 6.45) is -2.48. The van der Waals surface area contributed by atoms with E-state index in [1.807, 2.05) is 23.1 Å². The molecule has 4 rings (SSSR count). The van der Waals surface area contributed by atoms with Crippen LogP contribution < -0.4 is 10.2 Å². The standard InChI is InChI=1S/C16H16N4O.C2HF3O2/c21-16(20-8-6-11-3-1-2-4-14(11)20)13-5-7-18-15(19-13)12-9-17-10-12;3-2(4,5)1(6)7/h1-5,7,12,17H,6,8-10H2;(H,6,7). The molecule has 0 atom stereocenters. The molecule has 1 aromatic carbocycles. The first-order valence-corrected chi connectivity index (χ1v) is 8.51. The summed E-state index contributed by atoms with van der Waals surface area (Å²) < 4.78 is 31.7. The fourth-order valence-corrected chi connectivity index (χ4v) is 2.85. The van der Waals surface area contributed by atoms with Gasteiger partial charge in [0.15, 0.2) is 0 Å². The van der Waals surface area contributed by atoms with Gasteiger partial charge in [-0.3, -0.25) is 4.79 Å². The number of nitrogens with zero attached hydrogens (tertiary/aromatic N) is 3. The highest BCUT2D eigenvalue weighted by molar-refractivity contribution is 6.06. The summed E-state index contributed by atoms with van der Waals surface area (Å²) in [5.41, 5.74) is 2.72. The van der Waals surface area contributed by atoms with Crippen molar-refractivity contribution in [2.75, 3.05) is 24.5 Å². The smallest absolute Gasteiger partial charge is 0.475 e. The van der Waals surface area contributed by atoms with E-state index in [1.165, 1.54) is 5.56 Å². The Morgan fingerprint density at radius 1 is 1.18 bits per heavy atom. The third-order valence-corrected chi connectivity index (χ3v) is 4.41. The number of hydrogen-bond acceptors (Lipinski definition) is 5. The zero-order valence-electron chi connectivity index (χ0n) is 14.6. The van der Waals surface area contributed by atoms with Crippen molar-refractivity contribution in [3.05, 3.63) is 53.6 Å². The number of carbonyl (C=O) groups is 2. The van der Waals surface area contributed by atoms with Crippen molar-refractivity contribution in [1.82, 2.24) is 15.3 Å². The molecule has 7 nitrogen and oxygen atoms in total. The minimum absolute atomic E-state index is 0.0316. The first kappa shape index (κ1) is 19.7. The maximum Gasteiger partial charge on any atom is 0.490 e. The van der Waals surface area contributed by atoms with Crippen LogP contribution in [0.15, 0.2) is 36.5 Å². The number of aromatic nitrogens is 2. The molecule has 1 fully saturated rings. The van der Waals surface area contributed by atoms with Crippen LogP contribution in [0.2, 0.25) is 0 Å². The van der Waals surface area contributed by atoms with Crippen LogP contribution >= 0.6 is 0 Å². The number of amides is 1. The number of carboxylic acids is 1. The summed E-state index contributed by atoms with van der Waals surface area (Å²) in [5.74, 6) is -1.68. The van der Waals surface area contributed by atoms with Crippen LogP contribution in [-0.4, -0.2) is 52.8 Å². The minimum atomic E-state index is -5.08. The van der Waals surface area contributed by atoms with Crippen molar-refractivity contribution >= 4 is 17.6 Å². The Labute approximate surface area is 158 Å². The molecule has 28 heavy (non-hydrogen) atoms. The number of anilines is 1. The second-order valence-electron chi connectivity index (χ2n) is 6.29. The largest absolute Gasteiger partial charge is 0.490 e. The number of fused-ring (bicyclic) bond motifs is 1. The predicted octanol–water partition coefficient (Wildman–Crippen LogP) is 2.00. The molecule has 0 spiro atoms. The van der Waals surface area contributed by atoms with E-state index >= 15 is 0 Å². The number of carboxylic acid groups (broad SMARTS) is 1. The molecule has 0 unspecified atom stereocenters. The number of carbonyl (C=O) groups excluding carboxylic acids is 1. The first-order chi connectivity index (χ1) is 13.3. The molecular weight excluding hydrogens is 377 g/mol. The van der Waals surface area contributed by atoms with Gasteiger partial charge in [-0.2, -0.15) is 13.2 Å². The van der Waals surface area contributed by atoms with Gasteiger partial charge in [-0.1, -0.05) is 18.2 Å². The summed E-state index contributed by atoms with van der Waals surface area (Å²) >= 11 is 0. The monoisotopic (exact) mass is 394 g/mol. The zero-order valence-corrected chi connectivity index (χ0v) is 14.6. The molecule has 148 valence electrons. The summed E-state index contributed by atoms with van der Waals surface area (Å²) in [7, 11) is 0. The van der Waals surface area contributed by atoms with Crippen LogP contribution in [0.1, 0.15) is 27.8 Å². The first-order valence-electron chi connectivity index (χ1n) is 8.51. The van der Waals surface area contributed by atoms with Crippen LogP contribution in [-0.2, 0) is 11.2 Å². The maximum absolute atomic E-state index is 12.7. The molecule has 0 aliphatic carbocycles. The third-order valence-electron chi connectivity index (χ3n) is 4.41. The van der Waals surface area contributed by atoms with E-state index in [1.54, 1.807) is 12.3 Å². The van der Waals surface area contributed by atoms with E-state index < -0.39 is 12.1 Å². The van der Waals surface area contributed by atoms with Gasteiger partial charge in [0.2, 0.25) is 0 Å². The lowest BCUT2D eigenvalue weighted by atomic mass is 10.0. The topological polar surface area (TPSA) is 95.4 Å². The Hall–Kier alpha value is -3.01. The van der Waals surface area contributed by atoms with Gasteiger partial charge in [0.25, 0.3) is 5.91 Å². The molecule has 2 aliphatic rings. The van der Waals surface area contributed by atoms with E-state index in [9.17, 15) is 18.0 Å². The van der Waals surface area contributed by atoms with Crippen molar-refractivity contribution in [3.63, 3.8) is 0 Å². The number of benzene rings is 1. The number of alkyl halides is 3. The van der Waals surface area contributed by atoms with Crippen molar-refractivity contribution in [2.24, 2.45) is 0 Å². The van der Waals surface area contributed by atoms with Crippen LogP contribution in [0.25, 0.3) is 0 Å². The van der Waals surface area contributed by atoms with E-state index in [0.717, 1.165) is 37.6 Å². The number of rotatable bonds is 2. The summed E-state index contributed by atoms with van der Waals surface area (Å²) in [6, 6.07) is 9.76. The SMILES string of the molecule is O=C(O)C(F)(F)F.O=C(c1ccnc(C2CNC2)n1)N1CCc2ccccc21. The third kappa shape index (κ3) is 4.28. The lowest BCUT2D eigenvalue weighted by Gasteiger charge is -2.25. The van der Waals surface area contributed by atoms with E-state index in [-0.39, 0.29) is 5.91 Å². The summed E-state index contributed by atoms with van der Waals surface area (Å²) in [5, 5.41) is 10.3. The van der Waals surface area contributed by atoms with Gasteiger partial charge in [-0.25, -0.2) is 14.8 Å². The molecule has 1 saturated heterocycles. The van der Waals surface area contributed by atoms with Crippen LogP contribution in [0, 0.1) is 0 Å². The average molecular weight is 394 g/mol. The lowest BCUT2D eigenvalue weighted by Crippen LogP contribution is -2.41. The molecule has 1 aromatic heterocycles. The van der Waals surface area contributed by atoms with Crippen LogP contribution in [0.5, 0.6) is 0 Å². The normalized spacial score (nSPS) is 15.9. The molecule has 2 N–H and O–H groups in total. The highest BCUT2D eigenvalue weighted by atomic mass is 19.4. The molecule has 2 aliphatic heterocycles.